The predicted octanol–water partition coefficient (Wildman–Crippen LogP) is 6.18. The van der Waals surface area contributed by atoms with E-state index in [-0.39, 0.29) is 5.63 Å². The van der Waals surface area contributed by atoms with Gasteiger partial charge in [-0.15, -0.1) is 23.1 Å². The first-order valence-electron chi connectivity index (χ1n) is 9.77. The van der Waals surface area contributed by atoms with Crippen LogP contribution in [0.3, 0.4) is 0 Å². The highest BCUT2D eigenvalue weighted by Crippen LogP contribution is 2.40. The third-order valence-corrected chi connectivity index (χ3v) is 8.05. The quantitative estimate of drug-likeness (QED) is 0.214. The highest BCUT2D eigenvalue weighted by Gasteiger charge is 2.20. The Morgan fingerprint density at radius 2 is 2.03 bits per heavy atom. The van der Waals surface area contributed by atoms with Crippen LogP contribution in [0.5, 0.6) is 0 Å². The molecule has 29 heavy (non-hydrogen) atoms. The summed E-state index contributed by atoms with van der Waals surface area (Å²) < 4.78 is 5.44. The zero-order valence-corrected chi connectivity index (χ0v) is 18.3. The van der Waals surface area contributed by atoms with Crippen molar-refractivity contribution < 1.29 is 4.42 Å². The van der Waals surface area contributed by atoms with Gasteiger partial charge in [-0.2, -0.15) is 0 Å². The van der Waals surface area contributed by atoms with Gasteiger partial charge in [-0.3, -0.25) is 0 Å². The molecule has 0 radical (unpaired) electrons. The second-order valence-electron chi connectivity index (χ2n) is 7.24. The summed E-state index contributed by atoms with van der Waals surface area (Å²) in [4.78, 5) is 23.7. The minimum absolute atomic E-state index is 0.335. The molecule has 3 heterocycles. The lowest BCUT2D eigenvalue weighted by Gasteiger charge is -2.12. The number of thioether (sulfide) groups is 1. The van der Waals surface area contributed by atoms with E-state index in [1.807, 2.05) is 19.1 Å². The van der Waals surface area contributed by atoms with Gasteiger partial charge in [-0.05, 0) is 60.9 Å². The first-order chi connectivity index (χ1) is 14.1. The molecule has 0 spiro atoms. The van der Waals surface area contributed by atoms with E-state index in [9.17, 15) is 4.79 Å². The molecule has 0 N–H and O–H groups in total. The summed E-state index contributed by atoms with van der Waals surface area (Å²) in [5.41, 5.74) is 3.58. The van der Waals surface area contributed by atoms with E-state index in [0.29, 0.717) is 16.4 Å². The Morgan fingerprint density at radius 3 is 2.90 bits per heavy atom. The average Bonchev–Trinajstić information content (AvgIpc) is 3.11. The molecule has 0 unspecified atom stereocenters. The Hall–Kier alpha value is -1.89. The van der Waals surface area contributed by atoms with Gasteiger partial charge >= 0.3 is 5.63 Å². The molecule has 5 rings (SSSR count). The number of thiophene rings is 1. The van der Waals surface area contributed by atoms with Gasteiger partial charge in [0.2, 0.25) is 0 Å². The standard InChI is InChI=1S/C22H19ClN2O2S2/c1-2-12-7-17-15(9-16(12)23)13(8-19(26)27-17)10-28-21-20-14-5-3-4-6-18(14)29-22(20)25-11-24-21/h7-9,11H,2-6,10H2,1H3. The fraction of sp³-hybridized carbons (Fsp3) is 0.318. The lowest BCUT2D eigenvalue weighted by molar-refractivity contribution is 0.559. The van der Waals surface area contributed by atoms with E-state index in [0.717, 1.165) is 45.6 Å². The number of hydrogen-bond acceptors (Lipinski definition) is 6. The van der Waals surface area contributed by atoms with Gasteiger partial charge in [0.1, 0.15) is 21.8 Å². The molecule has 0 fully saturated rings. The summed E-state index contributed by atoms with van der Waals surface area (Å²) in [6.45, 7) is 2.03. The van der Waals surface area contributed by atoms with Gasteiger partial charge in [0.05, 0.1) is 0 Å². The number of rotatable bonds is 4. The zero-order chi connectivity index (χ0) is 20.0. The third-order valence-electron chi connectivity index (χ3n) is 5.46. The van der Waals surface area contributed by atoms with Crippen molar-refractivity contribution in [3.05, 3.63) is 61.5 Å². The predicted molar refractivity (Wildman–Crippen MR) is 120 cm³/mol. The molecule has 0 aliphatic heterocycles. The molecule has 1 aliphatic carbocycles. The van der Waals surface area contributed by atoms with Gasteiger partial charge in [0.25, 0.3) is 0 Å². The smallest absolute Gasteiger partial charge is 0.336 e. The molecule has 0 bridgehead atoms. The Balaban J connectivity index is 1.55. The van der Waals surface area contributed by atoms with Gasteiger partial charge in [-0.1, -0.05) is 18.5 Å². The molecule has 7 heteroatoms. The van der Waals surface area contributed by atoms with Crippen LogP contribution < -0.4 is 5.63 Å². The van der Waals surface area contributed by atoms with Crippen molar-refractivity contribution in [2.75, 3.05) is 0 Å². The van der Waals surface area contributed by atoms with Crippen LogP contribution in [-0.4, -0.2) is 9.97 Å². The van der Waals surface area contributed by atoms with Gasteiger partial charge < -0.3 is 4.42 Å². The lowest BCUT2D eigenvalue weighted by atomic mass is 9.97. The lowest BCUT2D eigenvalue weighted by Crippen LogP contribution is -2.01. The maximum atomic E-state index is 12.1. The number of aryl methyl sites for hydroxylation is 3. The second-order valence-corrected chi connectivity index (χ2v) is 9.70. The molecule has 0 saturated heterocycles. The summed E-state index contributed by atoms with van der Waals surface area (Å²) in [7, 11) is 0. The summed E-state index contributed by atoms with van der Waals surface area (Å²) in [6.07, 6.45) is 7.16. The highest BCUT2D eigenvalue weighted by atomic mass is 35.5. The molecular weight excluding hydrogens is 424 g/mol. The van der Waals surface area contributed by atoms with Crippen LogP contribution in [-0.2, 0) is 25.0 Å². The summed E-state index contributed by atoms with van der Waals surface area (Å²) in [6, 6.07) is 5.36. The zero-order valence-electron chi connectivity index (χ0n) is 16.0. The van der Waals surface area contributed by atoms with Gasteiger partial charge in [-0.25, -0.2) is 14.8 Å². The molecule has 1 aliphatic rings. The van der Waals surface area contributed by atoms with Crippen LogP contribution in [0.15, 0.2) is 38.8 Å². The Bertz CT molecular complexity index is 1300. The largest absolute Gasteiger partial charge is 0.423 e. The van der Waals surface area contributed by atoms with E-state index >= 15 is 0 Å². The number of benzene rings is 1. The number of nitrogens with zero attached hydrogens (tertiary/aromatic N) is 2. The minimum atomic E-state index is -0.335. The van der Waals surface area contributed by atoms with Crippen LogP contribution >= 0.6 is 34.7 Å². The van der Waals surface area contributed by atoms with Crippen molar-refractivity contribution in [3.8, 4) is 0 Å². The first kappa shape index (κ1) is 19.1. The monoisotopic (exact) mass is 442 g/mol. The van der Waals surface area contributed by atoms with Crippen LogP contribution in [0.2, 0.25) is 5.02 Å². The Morgan fingerprint density at radius 1 is 1.17 bits per heavy atom. The summed E-state index contributed by atoms with van der Waals surface area (Å²) in [5, 5.41) is 3.79. The minimum Gasteiger partial charge on any atom is -0.423 e. The van der Waals surface area contributed by atoms with Crippen LogP contribution in [0.4, 0.5) is 0 Å². The van der Waals surface area contributed by atoms with Crippen molar-refractivity contribution in [1.29, 1.82) is 0 Å². The van der Waals surface area contributed by atoms with Crippen molar-refractivity contribution >= 4 is 55.9 Å². The van der Waals surface area contributed by atoms with E-state index in [1.165, 1.54) is 28.7 Å². The second kappa shape index (κ2) is 7.74. The Kier molecular flexibility index (Phi) is 5.10. The first-order valence-corrected chi connectivity index (χ1v) is 11.9. The third kappa shape index (κ3) is 3.47. The summed E-state index contributed by atoms with van der Waals surface area (Å²) >= 11 is 9.88. The average molecular weight is 443 g/mol. The molecule has 0 atom stereocenters. The van der Waals surface area contributed by atoms with Crippen LogP contribution in [0.1, 0.15) is 41.3 Å². The molecule has 0 saturated carbocycles. The van der Waals surface area contributed by atoms with Crippen molar-refractivity contribution in [2.45, 2.75) is 49.8 Å². The highest BCUT2D eigenvalue weighted by molar-refractivity contribution is 7.98. The van der Waals surface area contributed by atoms with E-state index in [2.05, 4.69) is 9.97 Å². The van der Waals surface area contributed by atoms with E-state index in [1.54, 1.807) is 35.5 Å². The fourth-order valence-corrected chi connectivity index (χ4v) is 6.60. The SMILES string of the molecule is CCc1cc2oc(=O)cc(CSc3ncnc4sc5c(c34)CCCC5)c2cc1Cl. The topological polar surface area (TPSA) is 56.0 Å². The van der Waals surface area contributed by atoms with Crippen LogP contribution in [0.25, 0.3) is 21.2 Å². The molecular formula is C22H19ClN2O2S2. The summed E-state index contributed by atoms with van der Waals surface area (Å²) in [5.74, 6) is 0.626. The van der Waals surface area contributed by atoms with Gasteiger partial charge in [0.15, 0.2) is 0 Å². The molecule has 4 aromatic rings. The normalized spacial score (nSPS) is 13.9. The number of hydrogen-bond donors (Lipinski definition) is 0. The molecule has 1 aromatic carbocycles. The van der Waals surface area contributed by atoms with Crippen molar-refractivity contribution in [3.63, 3.8) is 0 Å². The van der Waals surface area contributed by atoms with Crippen LogP contribution in [0, 0.1) is 0 Å². The Labute approximate surface area is 181 Å². The number of aromatic nitrogens is 2. The number of fused-ring (bicyclic) bond motifs is 4. The molecule has 3 aromatic heterocycles. The number of halogens is 1. The fourth-order valence-electron chi connectivity index (χ4n) is 4.00. The van der Waals surface area contributed by atoms with E-state index < -0.39 is 0 Å². The maximum Gasteiger partial charge on any atom is 0.336 e. The van der Waals surface area contributed by atoms with Crippen molar-refractivity contribution in [1.82, 2.24) is 9.97 Å². The van der Waals surface area contributed by atoms with Gasteiger partial charge in [0, 0.05) is 32.5 Å². The molecule has 4 nitrogen and oxygen atoms in total. The van der Waals surface area contributed by atoms with Crippen molar-refractivity contribution in [2.24, 2.45) is 0 Å². The molecule has 148 valence electrons. The maximum absolute atomic E-state index is 12.1. The molecule has 0 amide bonds. The van der Waals surface area contributed by atoms with E-state index in [4.69, 9.17) is 16.0 Å².